The molecular formula is C24H31NOSi. The van der Waals surface area contributed by atoms with Crippen molar-refractivity contribution in [2.75, 3.05) is 20.2 Å². The van der Waals surface area contributed by atoms with E-state index in [1.807, 2.05) is 0 Å². The average Bonchev–Trinajstić information content (AvgIpc) is 3.21. The predicted molar refractivity (Wildman–Crippen MR) is 116 cm³/mol. The Balaban J connectivity index is 1.82. The van der Waals surface area contributed by atoms with E-state index < -0.39 is 8.07 Å². The van der Waals surface area contributed by atoms with E-state index >= 15 is 0 Å². The molecule has 0 N–H and O–H groups in total. The lowest BCUT2D eigenvalue weighted by molar-refractivity contribution is 0.223. The molecule has 0 amide bonds. The van der Waals surface area contributed by atoms with Crippen LogP contribution in [0.15, 0.2) is 65.9 Å². The predicted octanol–water partition coefficient (Wildman–Crippen LogP) is 4.72. The summed E-state index contributed by atoms with van der Waals surface area (Å²) in [5.41, 5.74) is 5.90. The number of nitrogens with zero attached hydrogens (tertiary/aromatic N) is 1. The van der Waals surface area contributed by atoms with E-state index in [1.54, 1.807) is 12.7 Å². The molecule has 2 aromatic rings. The summed E-state index contributed by atoms with van der Waals surface area (Å²) in [7, 11) is 0.0850. The van der Waals surface area contributed by atoms with Crippen molar-refractivity contribution < 1.29 is 4.74 Å². The molecule has 2 atom stereocenters. The third kappa shape index (κ3) is 3.07. The molecule has 0 aromatic heterocycles. The van der Waals surface area contributed by atoms with E-state index in [0.29, 0.717) is 5.92 Å². The van der Waals surface area contributed by atoms with Gasteiger partial charge in [-0.1, -0.05) is 73.4 Å². The molecule has 2 aromatic carbocycles. The topological polar surface area (TPSA) is 12.5 Å². The summed E-state index contributed by atoms with van der Waals surface area (Å²) < 4.78 is 5.41. The summed E-state index contributed by atoms with van der Waals surface area (Å²) in [6, 6.07) is 20.0. The van der Waals surface area contributed by atoms with Gasteiger partial charge in [0, 0.05) is 6.54 Å². The molecule has 2 nitrogen and oxygen atoms in total. The first kappa shape index (κ1) is 18.5. The van der Waals surface area contributed by atoms with Crippen molar-refractivity contribution in [3.8, 4) is 5.75 Å². The zero-order valence-electron chi connectivity index (χ0n) is 17.0. The summed E-state index contributed by atoms with van der Waals surface area (Å²) in [6.45, 7) is 9.78. The number of rotatable bonds is 4. The van der Waals surface area contributed by atoms with Crippen LogP contribution in [0.25, 0.3) is 0 Å². The van der Waals surface area contributed by atoms with Crippen molar-refractivity contribution in [3.63, 3.8) is 0 Å². The average molecular weight is 378 g/mol. The van der Waals surface area contributed by atoms with Crippen LogP contribution in [0.5, 0.6) is 5.75 Å². The van der Waals surface area contributed by atoms with Crippen molar-refractivity contribution in [2.24, 2.45) is 5.92 Å². The van der Waals surface area contributed by atoms with Gasteiger partial charge in [-0.2, -0.15) is 0 Å². The molecule has 0 aliphatic carbocycles. The molecule has 3 heteroatoms. The van der Waals surface area contributed by atoms with Crippen LogP contribution in [-0.2, 0) is 5.54 Å². The molecule has 142 valence electrons. The first-order valence-corrected chi connectivity index (χ1v) is 13.2. The van der Waals surface area contributed by atoms with Crippen molar-refractivity contribution in [3.05, 3.63) is 71.4 Å². The van der Waals surface area contributed by atoms with Gasteiger partial charge in [0.1, 0.15) is 13.8 Å². The lowest BCUT2D eigenvalue weighted by Crippen LogP contribution is -2.42. The number of methoxy groups -OCH3 is 1. The molecular weight excluding hydrogens is 346 g/mol. The van der Waals surface area contributed by atoms with E-state index in [1.165, 1.54) is 36.7 Å². The van der Waals surface area contributed by atoms with Crippen LogP contribution < -0.4 is 9.92 Å². The van der Waals surface area contributed by atoms with Crippen LogP contribution in [-0.4, -0.2) is 33.2 Å². The molecule has 0 radical (unpaired) electrons. The van der Waals surface area contributed by atoms with E-state index in [-0.39, 0.29) is 5.54 Å². The molecule has 0 unspecified atom stereocenters. The third-order valence-corrected chi connectivity index (χ3v) is 9.46. The Bertz CT molecular complexity index is 827. The number of fused-ring (bicyclic) bond motifs is 1. The van der Waals surface area contributed by atoms with Gasteiger partial charge in [-0.05, 0) is 48.6 Å². The summed E-state index contributed by atoms with van der Waals surface area (Å²) in [4.78, 5) is 2.74. The monoisotopic (exact) mass is 377 g/mol. The molecule has 4 rings (SSSR count). The van der Waals surface area contributed by atoms with Gasteiger partial charge >= 0.3 is 0 Å². The standard InChI is InChI=1S/C24H31NOSi/c1-19-17-25-16-8-15-24(25,20-11-13-21(26-2)14-12-20)23(19)18-27(3,4)22-9-6-5-7-10-22/h5-7,9-14,18-19H,8,15-17H2,1-4H3/b23-18+/t19-,24-/m1/s1. The second-order valence-corrected chi connectivity index (χ2v) is 13.0. The van der Waals surface area contributed by atoms with Gasteiger partial charge in [-0.3, -0.25) is 4.90 Å². The molecule has 2 aliphatic heterocycles. The van der Waals surface area contributed by atoms with Crippen LogP contribution in [0.2, 0.25) is 13.1 Å². The van der Waals surface area contributed by atoms with E-state index in [0.717, 1.165) is 5.75 Å². The maximum atomic E-state index is 5.41. The second-order valence-electron chi connectivity index (χ2n) is 8.73. The smallest absolute Gasteiger partial charge is 0.118 e. The fourth-order valence-electron chi connectivity index (χ4n) is 5.25. The van der Waals surface area contributed by atoms with Crippen molar-refractivity contribution in [1.29, 1.82) is 0 Å². The molecule has 2 saturated heterocycles. The van der Waals surface area contributed by atoms with Crippen molar-refractivity contribution >= 4 is 13.3 Å². The van der Waals surface area contributed by atoms with Crippen LogP contribution in [0.1, 0.15) is 25.3 Å². The van der Waals surface area contributed by atoms with Gasteiger partial charge in [0.05, 0.1) is 12.6 Å². The minimum atomic E-state index is -1.66. The summed E-state index contributed by atoms with van der Waals surface area (Å²) in [5.74, 6) is 1.55. The van der Waals surface area contributed by atoms with Crippen LogP contribution in [0.3, 0.4) is 0 Å². The highest BCUT2D eigenvalue weighted by atomic mass is 28.3. The molecule has 2 heterocycles. The third-order valence-electron chi connectivity index (χ3n) is 6.61. The molecule has 2 fully saturated rings. The number of hydrogen-bond donors (Lipinski definition) is 0. The van der Waals surface area contributed by atoms with Gasteiger partial charge in [0.2, 0.25) is 0 Å². The second kappa shape index (κ2) is 6.96. The number of hydrogen-bond acceptors (Lipinski definition) is 2. The zero-order chi connectivity index (χ0) is 19.1. The van der Waals surface area contributed by atoms with Crippen LogP contribution in [0, 0.1) is 5.92 Å². The lowest BCUT2D eigenvalue weighted by Gasteiger charge is -2.36. The maximum Gasteiger partial charge on any atom is 0.118 e. The first-order chi connectivity index (χ1) is 13.0. The van der Waals surface area contributed by atoms with Crippen LogP contribution in [0.4, 0.5) is 0 Å². The van der Waals surface area contributed by atoms with Gasteiger partial charge in [0.15, 0.2) is 0 Å². The Hall–Kier alpha value is -1.84. The number of ether oxygens (including phenoxy) is 1. The van der Waals surface area contributed by atoms with Crippen LogP contribution >= 0.6 is 0 Å². The fourth-order valence-corrected chi connectivity index (χ4v) is 7.77. The van der Waals surface area contributed by atoms with Crippen molar-refractivity contribution in [1.82, 2.24) is 4.90 Å². The molecule has 27 heavy (non-hydrogen) atoms. The Labute approximate surface area is 164 Å². The highest BCUT2D eigenvalue weighted by Gasteiger charge is 2.52. The fraction of sp³-hybridized carbons (Fsp3) is 0.417. The summed E-state index contributed by atoms with van der Waals surface area (Å²) in [5, 5.41) is 1.52. The molecule has 0 spiro atoms. The van der Waals surface area contributed by atoms with E-state index in [4.69, 9.17) is 4.74 Å². The summed E-state index contributed by atoms with van der Waals surface area (Å²) >= 11 is 0. The largest absolute Gasteiger partial charge is 0.497 e. The van der Waals surface area contributed by atoms with Gasteiger partial charge in [0.25, 0.3) is 0 Å². The minimum absolute atomic E-state index is 0.0880. The zero-order valence-corrected chi connectivity index (χ0v) is 18.0. The normalized spacial score (nSPS) is 27.1. The summed E-state index contributed by atoms with van der Waals surface area (Å²) in [6.07, 6.45) is 2.51. The Kier molecular flexibility index (Phi) is 4.77. The van der Waals surface area contributed by atoms with Crippen molar-refractivity contribution in [2.45, 2.75) is 38.4 Å². The molecule has 0 saturated carbocycles. The van der Waals surface area contributed by atoms with Gasteiger partial charge in [-0.25, -0.2) is 0 Å². The van der Waals surface area contributed by atoms with Gasteiger partial charge < -0.3 is 4.74 Å². The number of benzene rings is 2. The lowest BCUT2D eigenvalue weighted by atomic mass is 9.80. The van der Waals surface area contributed by atoms with E-state index in [9.17, 15) is 0 Å². The highest BCUT2D eigenvalue weighted by Crippen LogP contribution is 2.52. The van der Waals surface area contributed by atoms with E-state index in [2.05, 4.69) is 85.2 Å². The quantitative estimate of drug-likeness (QED) is 0.715. The molecule has 2 aliphatic rings. The first-order valence-electron chi connectivity index (χ1n) is 10.2. The highest BCUT2D eigenvalue weighted by molar-refractivity contribution is 6.94. The maximum absolute atomic E-state index is 5.41. The Morgan fingerprint density at radius 2 is 1.78 bits per heavy atom. The Morgan fingerprint density at radius 1 is 1.07 bits per heavy atom. The van der Waals surface area contributed by atoms with Gasteiger partial charge in [-0.15, -0.1) is 0 Å². The SMILES string of the molecule is COc1ccc([C@@]23CCCN2C[C@@H](C)/C3=C\[Si](C)(C)c2ccccc2)cc1. The molecule has 0 bridgehead atoms. The Morgan fingerprint density at radius 3 is 2.44 bits per heavy atom. The minimum Gasteiger partial charge on any atom is -0.497 e.